The highest BCUT2D eigenvalue weighted by atomic mass is 16.2. The first-order chi connectivity index (χ1) is 14.0. The molecule has 2 aliphatic heterocycles. The van der Waals surface area contributed by atoms with Gasteiger partial charge < -0.3 is 15.1 Å². The second kappa shape index (κ2) is 8.67. The molecule has 4 rings (SSSR count). The maximum atomic E-state index is 12.8. The largest absolute Gasteiger partial charge is 0.373 e. The molecule has 1 saturated carbocycles. The molecule has 7 nitrogen and oxygen atoms in total. The normalized spacial score (nSPS) is 22.5. The van der Waals surface area contributed by atoms with Gasteiger partial charge in [-0.25, -0.2) is 9.97 Å². The van der Waals surface area contributed by atoms with Gasteiger partial charge in [0.2, 0.25) is 11.8 Å². The number of hydrogen-bond donors (Lipinski definition) is 1. The molecule has 29 heavy (non-hydrogen) atoms. The van der Waals surface area contributed by atoms with E-state index in [2.05, 4.69) is 5.32 Å². The lowest BCUT2D eigenvalue weighted by Crippen LogP contribution is -2.40. The molecule has 2 amide bonds. The van der Waals surface area contributed by atoms with Crippen LogP contribution in [0.15, 0.2) is 0 Å². The van der Waals surface area contributed by atoms with Crippen LogP contribution in [0.4, 0.5) is 5.82 Å². The average Bonchev–Trinajstić information content (AvgIpc) is 3.25. The van der Waals surface area contributed by atoms with E-state index in [1.54, 1.807) is 6.92 Å². The number of rotatable bonds is 4. The molecule has 1 aromatic heterocycles. The van der Waals surface area contributed by atoms with Crippen LogP contribution in [0, 0.1) is 5.92 Å². The van der Waals surface area contributed by atoms with E-state index in [9.17, 15) is 9.59 Å². The molecule has 1 N–H and O–H groups in total. The number of aromatic nitrogens is 2. The van der Waals surface area contributed by atoms with Crippen LogP contribution in [0.25, 0.3) is 0 Å². The molecular weight excluding hydrogens is 366 g/mol. The number of fused-ring (bicyclic) bond motifs is 1. The van der Waals surface area contributed by atoms with Crippen molar-refractivity contribution in [2.75, 3.05) is 32.0 Å². The van der Waals surface area contributed by atoms with E-state index in [0.717, 1.165) is 55.3 Å². The highest BCUT2D eigenvalue weighted by Gasteiger charge is 2.31. The molecule has 1 saturated heterocycles. The Morgan fingerprint density at radius 3 is 2.59 bits per heavy atom. The number of carbonyl (C=O) groups excluding carboxylic acids is 2. The van der Waals surface area contributed by atoms with Crippen molar-refractivity contribution in [2.24, 2.45) is 5.92 Å². The van der Waals surface area contributed by atoms with E-state index < -0.39 is 0 Å². The Morgan fingerprint density at radius 2 is 1.86 bits per heavy atom. The molecule has 7 heteroatoms. The zero-order chi connectivity index (χ0) is 20.4. The second-order valence-electron chi connectivity index (χ2n) is 8.83. The summed E-state index contributed by atoms with van der Waals surface area (Å²) < 4.78 is 0. The highest BCUT2D eigenvalue weighted by molar-refractivity contribution is 5.76. The van der Waals surface area contributed by atoms with Crippen molar-refractivity contribution in [3.05, 3.63) is 17.1 Å². The van der Waals surface area contributed by atoms with Crippen LogP contribution in [-0.2, 0) is 22.6 Å². The van der Waals surface area contributed by atoms with Crippen LogP contribution in [0.2, 0.25) is 0 Å². The van der Waals surface area contributed by atoms with Gasteiger partial charge in [-0.3, -0.25) is 9.59 Å². The lowest BCUT2D eigenvalue weighted by atomic mass is 9.95. The van der Waals surface area contributed by atoms with Gasteiger partial charge in [0.15, 0.2) is 0 Å². The third kappa shape index (κ3) is 4.38. The number of amides is 2. The maximum Gasteiger partial charge on any atom is 0.222 e. The van der Waals surface area contributed by atoms with Crippen molar-refractivity contribution >= 4 is 17.6 Å². The smallest absolute Gasteiger partial charge is 0.222 e. The van der Waals surface area contributed by atoms with E-state index in [0.29, 0.717) is 31.3 Å². The predicted octanol–water partition coefficient (Wildman–Crippen LogP) is 2.71. The van der Waals surface area contributed by atoms with Crippen molar-refractivity contribution in [3.8, 4) is 0 Å². The first kappa shape index (κ1) is 20.1. The molecule has 1 aromatic rings. The molecule has 2 fully saturated rings. The Bertz CT molecular complexity index is 757. The molecule has 1 atom stereocenters. The Labute approximate surface area is 173 Å². The molecule has 0 bridgehead atoms. The van der Waals surface area contributed by atoms with Crippen molar-refractivity contribution in [1.29, 1.82) is 0 Å². The van der Waals surface area contributed by atoms with Crippen molar-refractivity contribution in [1.82, 2.24) is 19.8 Å². The summed E-state index contributed by atoms with van der Waals surface area (Å²) in [6.07, 6.45) is 8.47. The van der Waals surface area contributed by atoms with Crippen LogP contribution in [0.5, 0.6) is 0 Å². The summed E-state index contributed by atoms with van der Waals surface area (Å²) in [4.78, 5) is 38.2. The number of likely N-dealkylation sites (tertiary alicyclic amines) is 1. The van der Waals surface area contributed by atoms with E-state index >= 15 is 0 Å². The number of carbonyl (C=O) groups is 2. The molecule has 1 unspecified atom stereocenters. The van der Waals surface area contributed by atoms with Gasteiger partial charge >= 0.3 is 0 Å². The van der Waals surface area contributed by atoms with Gasteiger partial charge in [0.1, 0.15) is 11.6 Å². The zero-order valence-electron chi connectivity index (χ0n) is 17.7. The lowest BCUT2D eigenvalue weighted by Gasteiger charge is -2.34. The minimum Gasteiger partial charge on any atom is -0.373 e. The first-order valence-electron chi connectivity index (χ1n) is 11.2. The summed E-state index contributed by atoms with van der Waals surface area (Å²) >= 11 is 0. The number of hydrogen-bond acceptors (Lipinski definition) is 5. The quantitative estimate of drug-likeness (QED) is 0.842. The third-order valence-corrected chi connectivity index (χ3v) is 6.84. The number of nitrogens with zero attached hydrogens (tertiary/aromatic N) is 4. The topological polar surface area (TPSA) is 78.4 Å². The van der Waals surface area contributed by atoms with Gasteiger partial charge in [0, 0.05) is 57.9 Å². The molecule has 0 aromatic carbocycles. The minimum atomic E-state index is 0.0884. The van der Waals surface area contributed by atoms with Gasteiger partial charge in [-0.15, -0.1) is 0 Å². The van der Waals surface area contributed by atoms with Crippen LogP contribution in [-0.4, -0.2) is 58.3 Å². The molecular formula is C22H33N5O2. The lowest BCUT2D eigenvalue weighted by molar-refractivity contribution is -0.133. The summed E-state index contributed by atoms with van der Waals surface area (Å²) in [5, 5.41) is 3.21. The molecule has 158 valence electrons. The molecule has 0 radical (unpaired) electrons. The van der Waals surface area contributed by atoms with Crippen LogP contribution >= 0.6 is 0 Å². The Kier molecular flexibility index (Phi) is 6.01. The van der Waals surface area contributed by atoms with Gasteiger partial charge in [0.25, 0.3) is 0 Å². The monoisotopic (exact) mass is 399 g/mol. The summed E-state index contributed by atoms with van der Waals surface area (Å²) in [7, 11) is 1.87. The van der Waals surface area contributed by atoms with Crippen molar-refractivity contribution in [2.45, 2.75) is 70.8 Å². The van der Waals surface area contributed by atoms with Crippen LogP contribution in [0.3, 0.4) is 0 Å². The van der Waals surface area contributed by atoms with Gasteiger partial charge in [-0.2, -0.15) is 0 Å². The SMILES string of the molecule is CNc1nc(C2CCCN(C(=O)CC3CCCC3)C2)nc2c1CN(C(C)=O)CC2. The number of piperidine rings is 1. The second-order valence-corrected chi connectivity index (χ2v) is 8.83. The van der Waals surface area contributed by atoms with Gasteiger partial charge in [0.05, 0.1) is 12.2 Å². The Morgan fingerprint density at radius 1 is 1.07 bits per heavy atom. The highest BCUT2D eigenvalue weighted by Crippen LogP contribution is 2.32. The maximum absolute atomic E-state index is 12.8. The molecule has 0 spiro atoms. The summed E-state index contributed by atoms with van der Waals surface area (Å²) in [6, 6.07) is 0. The summed E-state index contributed by atoms with van der Waals surface area (Å²) in [5.74, 6) is 2.85. The Balaban J connectivity index is 1.49. The van der Waals surface area contributed by atoms with Gasteiger partial charge in [-0.1, -0.05) is 12.8 Å². The van der Waals surface area contributed by atoms with Gasteiger partial charge in [-0.05, 0) is 31.6 Å². The van der Waals surface area contributed by atoms with E-state index in [1.807, 2.05) is 16.8 Å². The predicted molar refractivity (Wildman–Crippen MR) is 112 cm³/mol. The summed E-state index contributed by atoms with van der Waals surface area (Å²) in [5.41, 5.74) is 2.08. The fourth-order valence-corrected chi connectivity index (χ4v) is 5.10. The van der Waals surface area contributed by atoms with Crippen LogP contribution < -0.4 is 5.32 Å². The standard InChI is InChI=1S/C22H33N5O2/c1-15(28)26-11-9-19-18(14-26)22(23-2)25-21(24-19)17-8-5-10-27(13-17)20(29)12-16-6-3-4-7-16/h16-17H,3-14H2,1-2H3,(H,23,24,25). The minimum absolute atomic E-state index is 0.0884. The third-order valence-electron chi connectivity index (χ3n) is 6.84. The van der Waals surface area contributed by atoms with E-state index in [4.69, 9.17) is 9.97 Å². The first-order valence-corrected chi connectivity index (χ1v) is 11.2. The Hall–Kier alpha value is -2.18. The van der Waals surface area contributed by atoms with Crippen molar-refractivity contribution < 1.29 is 9.59 Å². The van der Waals surface area contributed by atoms with E-state index in [-0.39, 0.29) is 11.8 Å². The number of anilines is 1. The summed E-state index contributed by atoms with van der Waals surface area (Å²) in [6.45, 7) is 4.47. The molecule has 3 aliphatic rings. The fraction of sp³-hybridized carbons (Fsp3) is 0.727. The van der Waals surface area contributed by atoms with Crippen molar-refractivity contribution in [3.63, 3.8) is 0 Å². The fourth-order valence-electron chi connectivity index (χ4n) is 5.10. The van der Waals surface area contributed by atoms with Crippen LogP contribution in [0.1, 0.15) is 74.9 Å². The molecule has 1 aliphatic carbocycles. The number of nitrogens with one attached hydrogen (secondary N) is 1. The average molecular weight is 400 g/mol. The zero-order valence-corrected chi connectivity index (χ0v) is 17.7. The van der Waals surface area contributed by atoms with E-state index in [1.165, 1.54) is 25.7 Å². The molecule has 3 heterocycles.